The number of carbonyl (C=O) groups is 1. The standard InChI is InChI=1S/C28H29NO4/c1-3-5-15-29(16-6-4-2)19-11-13-23-25(17-19)33-26-18-20(30)12-14-24(26)27(23)21-9-7-8-10-22(21)28(31)32/h7-14,17-18H,3-6,15-16H2,1-2H3,(H,31,32). The van der Waals surface area contributed by atoms with Crippen LogP contribution >= 0.6 is 0 Å². The van der Waals surface area contributed by atoms with Gasteiger partial charge >= 0.3 is 5.97 Å². The molecule has 33 heavy (non-hydrogen) atoms. The maximum atomic E-state index is 12.1. The highest BCUT2D eigenvalue weighted by molar-refractivity contribution is 6.07. The van der Waals surface area contributed by atoms with Gasteiger partial charge in [-0.25, -0.2) is 4.79 Å². The molecule has 1 aliphatic heterocycles. The SMILES string of the molecule is CCCCN(CCCC)c1ccc2c(-c3ccccc3C(=O)O)c3ccc(=O)cc-3oc2c1. The number of carboxylic acid groups (broad SMARTS) is 1. The molecule has 4 rings (SSSR count). The van der Waals surface area contributed by atoms with E-state index in [1.165, 1.54) is 12.1 Å². The third-order valence-electron chi connectivity index (χ3n) is 6.03. The number of aromatic carboxylic acids is 1. The number of carboxylic acids is 1. The van der Waals surface area contributed by atoms with Crippen LogP contribution in [0.1, 0.15) is 49.9 Å². The molecule has 0 bridgehead atoms. The number of benzene rings is 3. The fraction of sp³-hybridized carbons (Fsp3) is 0.286. The Morgan fingerprint density at radius 3 is 2.33 bits per heavy atom. The molecule has 0 aromatic heterocycles. The molecule has 0 amide bonds. The van der Waals surface area contributed by atoms with Crippen LogP contribution in [-0.2, 0) is 0 Å². The van der Waals surface area contributed by atoms with Crippen molar-refractivity contribution in [3.63, 3.8) is 0 Å². The van der Waals surface area contributed by atoms with Crippen LogP contribution in [0.15, 0.2) is 69.9 Å². The largest absolute Gasteiger partial charge is 0.478 e. The molecule has 2 aromatic rings. The van der Waals surface area contributed by atoms with Gasteiger partial charge in [-0.15, -0.1) is 0 Å². The van der Waals surface area contributed by atoms with Gasteiger partial charge in [0.15, 0.2) is 5.43 Å². The summed E-state index contributed by atoms with van der Waals surface area (Å²) in [6, 6.07) is 17.8. The first-order valence-electron chi connectivity index (χ1n) is 11.6. The van der Waals surface area contributed by atoms with E-state index in [2.05, 4.69) is 24.8 Å². The highest BCUT2D eigenvalue weighted by Gasteiger charge is 2.22. The summed E-state index contributed by atoms with van der Waals surface area (Å²) in [5.74, 6) is -0.536. The summed E-state index contributed by atoms with van der Waals surface area (Å²) < 4.78 is 6.22. The predicted octanol–water partition coefficient (Wildman–Crippen LogP) is 6.67. The van der Waals surface area contributed by atoms with Crippen molar-refractivity contribution in [3.8, 4) is 22.5 Å². The Kier molecular flexibility index (Phi) is 6.78. The Hall–Kier alpha value is -3.60. The summed E-state index contributed by atoms with van der Waals surface area (Å²) in [5, 5.41) is 10.6. The van der Waals surface area contributed by atoms with E-state index in [9.17, 15) is 14.7 Å². The number of nitrogens with zero attached hydrogens (tertiary/aromatic N) is 1. The first-order chi connectivity index (χ1) is 16.0. The first-order valence-corrected chi connectivity index (χ1v) is 11.6. The molecule has 2 aromatic carbocycles. The summed E-state index contributed by atoms with van der Waals surface area (Å²) in [6.45, 7) is 6.31. The molecular weight excluding hydrogens is 414 g/mol. The van der Waals surface area contributed by atoms with E-state index in [1.807, 2.05) is 24.3 Å². The van der Waals surface area contributed by atoms with Crippen LogP contribution in [0.5, 0.6) is 0 Å². The zero-order chi connectivity index (χ0) is 23.4. The van der Waals surface area contributed by atoms with Crippen LogP contribution in [0.3, 0.4) is 0 Å². The molecule has 0 unspecified atom stereocenters. The highest BCUT2D eigenvalue weighted by atomic mass is 16.4. The third-order valence-corrected chi connectivity index (χ3v) is 6.03. The van der Waals surface area contributed by atoms with E-state index in [-0.39, 0.29) is 11.0 Å². The molecule has 1 N–H and O–H groups in total. The van der Waals surface area contributed by atoms with Gasteiger partial charge in [0, 0.05) is 47.4 Å². The lowest BCUT2D eigenvalue weighted by molar-refractivity contribution is 0.0697. The normalized spacial score (nSPS) is 11.2. The molecule has 0 fully saturated rings. The number of anilines is 1. The van der Waals surface area contributed by atoms with E-state index in [1.54, 1.807) is 18.2 Å². The Morgan fingerprint density at radius 2 is 1.64 bits per heavy atom. The van der Waals surface area contributed by atoms with E-state index < -0.39 is 5.97 Å². The van der Waals surface area contributed by atoms with Gasteiger partial charge in [-0.1, -0.05) is 44.9 Å². The molecular formula is C28H29NO4. The van der Waals surface area contributed by atoms with E-state index in [0.29, 0.717) is 16.9 Å². The highest BCUT2D eigenvalue weighted by Crippen LogP contribution is 2.42. The third kappa shape index (κ3) is 4.63. The molecule has 0 saturated heterocycles. The fourth-order valence-electron chi connectivity index (χ4n) is 4.30. The van der Waals surface area contributed by atoms with Gasteiger partial charge in [-0.3, -0.25) is 4.79 Å². The lowest BCUT2D eigenvalue weighted by atomic mass is 9.90. The van der Waals surface area contributed by atoms with Crippen LogP contribution in [0.2, 0.25) is 0 Å². The van der Waals surface area contributed by atoms with E-state index in [4.69, 9.17) is 4.42 Å². The van der Waals surface area contributed by atoms with Crippen molar-refractivity contribution in [1.29, 1.82) is 0 Å². The van der Waals surface area contributed by atoms with Gasteiger partial charge in [0.05, 0.1) is 5.56 Å². The van der Waals surface area contributed by atoms with E-state index >= 15 is 0 Å². The predicted molar refractivity (Wildman–Crippen MR) is 134 cm³/mol. The minimum atomic E-state index is -0.991. The van der Waals surface area contributed by atoms with Crippen LogP contribution in [0, 0.1) is 0 Å². The van der Waals surface area contributed by atoms with E-state index in [0.717, 1.165) is 61.0 Å². The van der Waals surface area contributed by atoms with Crippen LogP contribution in [0.25, 0.3) is 33.4 Å². The minimum absolute atomic E-state index is 0.147. The Labute approximate surface area is 193 Å². The Bertz CT molecular complexity index is 1300. The van der Waals surface area contributed by atoms with Crippen molar-refractivity contribution in [1.82, 2.24) is 0 Å². The lowest BCUT2D eigenvalue weighted by Crippen LogP contribution is -2.25. The summed E-state index contributed by atoms with van der Waals surface area (Å²) in [5.41, 5.74) is 3.88. The monoisotopic (exact) mass is 443 g/mol. The number of hydrogen-bond acceptors (Lipinski definition) is 4. The fourth-order valence-corrected chi connectivity index (χ4v) is 4.30. The second-order valence-corrected chi connectivity index (χ2v) is 8.36. The van der Waals surface area contributed by atoms with Crippen LogP contribution < -0.4 is 10.3 Å². The van der Waals surface area contributed by atoms with Gasteiger partial charge < -0.3 is 14.4 Å². The molecule has 0 saturated carbocycles. The van der Waals surface area contributed by atoms with Crippen LogP contribution in [-0.4, -0.2) is 24.2 Å². The molecule has 5 nitrogen and oxygen atoms in total. The number of unbranched alkanes of at least 4 members (excludes halogenated alkanes) is 2. The maximum absolute atomic E-state index is 12.1. The van der Waals surface area contributed by atoms with Crippen molar-refractivity contribution in [2.45, 2.75) is 39.5 Å². The van der Waals surface area contributed by atoms with Gasteiger partial charge in [0.2, 0.25) is 0 Å². The van der Waals surface area contributed by atoms with Gasteiger partial charge in [-0.05, 0) is 48.7 Å². The Morgan fingerprint density at radius 1 is 0.909 bits per heavy atom. The molecule has 170 valence electrons. The smallest absolute Gasteiger partial charge is 0.336 e. The van der Waals surface area contributed by atoms with Crippen molar-refractivity contribution in [3.05, 3.63) is 76.5 Å². The zero-order valence-corrected chi connectivity index (χ0v) is 19.1. The second kappa shape index (κ2) is 9.90. The average molecular weight is 444 g/mol. The van der Waals surface area contributed by atoms with Gasteiger partial charge in [0.1, 0.15) is 11.3 Å². The number of hydrogen-bond donors (Lipinski definition) is 1. The average Bonchev–Trinajstić information content (AvgIpc) is 2.82. The topological polar surface area (TPSA) is 70.8 Å². The maximum Gasteiger partial charge on any atom is 0.336 e. The van der Waals surface area contributed by atoms with Gasteiger partial charge in [-0.2, -0.15) is 0 Å². The molecule has 0 spiro atoms. The molecule has 1 heterocycles. The lowest BCUT2D eigenvalue weighted by Gasteiger charge is -2.25. The number of rotatable bonds is 9. The number of fused-ring (bicyclic) bond motifs is 2. The molecule has 0 radical (unpaired) electrons. The summed E-state index contributed by atoms with van der Waals surface area (Å²) >= 11 is 0. The second-order valence-electron chi connectivity index (χ2n) is 8.36. The first kappa shape index (κ1) is 22.6. The quantitative estimate of drug-likeness (QED) is 0.293. The van der Waals surface area contributed by atoms with Crippen molar-refractivity contribution >= 4 is 22.6 Å². The summed E-state index contributed by atoms with van der Waals surface area (Å²) in [7, 11) is 0. The van der Waals surface area contributed by atoms with Gasteiger partial charge in [0.25, 0.3) is 0 Å². The molecule has 5 heteroatoms. The van der Waals surface area contributed by atoms with Crippen molar-refractivity contribution in [2.75, 3.05) is 18.0 Å². The summed E-state index contributed by atoms with van der Waals surface area (Å²) in [4.78, 5) is 26.5. The Balaban J connectivity index is 1.97. The summed E-state index contributed by atoms with van der Waals surface area (Å²) in [6.07, 6.45) is 4.45. The van der Waals surface area contributed by atoms with Crippen LogP contribution in [0.4, 0.5) is 5.69 Å². The zero-order valence-electron chi connectivity index (χ0n) is 19.1. The van der Waals surface area contributed by atoms with Crippen molar-refractivity contribution in [2.24, 2.45) is 0 Å². The molecule has 2 aliphatic rings. The molecule has 0 atom stereocenters. The minimum Gasteiger partial charge on any atom is -0.478 e. The molecule has 1 aliphatic carbocycles. The van der Waals surface area contributed by atoms with Crippen molar-refractivity contribution < 1.29 is 14.3 Å².